The van der Waals surface area contributed by atoms with E-state index in [2.05, 4.69) is 5.32 Å². The highest BCUT2D eigenvalue weighted by Gasteiger charge is 2.19. The normalized spacial score (nSPS) is 10.8. The summed E-state index contributed by atoms with van der Waals surface area (Å²) in [4.78, 5) is 27.3. The standard InChI is InChI=1S/C25H28N2O3/c1-18-8-6-13-23(19(18)2)26-24(28)17-27(14-15-30-3)25(29)16-21-11-7-10-20-9-4-5-12-22(20)21/h4-13H,14-17H2,1-3H3,(H,26,28). The van der Waals surface area contributed by atoms with Crippen LogP contribution in [0.25, 0.3) is 10.8 Å². The van der Waals surface area contributed by atoms with Crippen LogP contribution in [0, 0.1) is 13.8 Å². The molecule has 0 bridgehead atoms. The predicted octanol–water partition coefficient (Wildman–Crippen LogP) is 4.11. The van der Waals surface area contributed by atoms with Crippen LogP contribution in [0.1, 0.15) is 16.7 Å². The van der Waals surface area contributed by atoms with Crippen LogP contribution in [0.4, 0.5) is 5.69 Å². The molecule has 0 heterocycles. The van der Waals surface area contributed by atoms with E-state index in [-0.39, 0.29) is 24.8 Å². The molecule has 0 aliphatic carbocycles. The van der Waals surface area contributed by atoms with Gasteiger partial charge < -0.3 is 15.0 Å². The smallest absolute Gasteiger partial charge is 0.244 e. The predicted molar refractivity (Wildman–Crippen MR) is 121 cm³/mol. The molecule has 2 amide bonds. The van der Waals surface area contributed by atoms with Gasteiger partial charge in [0.2, 0.25) is 11.8 Å². The molecule has 5 nitrogen and oxygen atoms in total. The van der Waals surface area contributed by atoms with Crippen LogP contribution in [-0.4, -0.2) is 43.5 Å². The van der Waals surface area contributed by atoms with Crippen molar-refractivity contribution in [1.29, 1.82) is 0 Å². The van der Waals surface area contributed by atoms with Gasteiger partial charge in [-0.3, -0.25) is 9.59 Å². The minimum Gasteiger partial charge on any atom is -0.383 e. The number of amides is 2. The summed E-state index contributed by atoms with van der Waals surface area (Å²) in [6.07, 6.45) is 0.238. The molecule has 3 aromatic rings. The topological polar surface area (TPSA) is 58.6 Å². The van der Waals surface area contributed by atoms with Crippen molar-refractivity contribution in [3.63, 3.8) is 0 Å². The number of nitrogens with one attached hydrogen (secondary N) is 1. The molecule has 0 saturated carbocycles. The highest BCUT2D eigenvalue weighted by molar-refractivity contribution is 5.96. The second-order valence-electron chi connectivity index (χ2n) is 7.42. The van der Waals surface area contributed by atoms with Crippen molar-refractivity contribution in [2.45, 2.75) is 20.3 Å². The van der Waals surface area contributed by atoms with Crippen molar-refractivity contribution in [3.05, 3.63) is 77.4 Å². The van der Waals surface area contributed by atoms with Gasteiger partial charge >= 0.3 is 0 Å². The van der Waals surface area contributed by atoms with Crippen molar-refractivity contribution in [2.75, 3.05) is 32.1 Å². The quantitative estimate of drug-likeness (QED) is 0.615. The number of nitrogens with zero attached hydrogens (tertiary/aromatic N) is 1. The van der Waals surface area contributed by atoms with Crippen molar-refractivity contribution < 1.29 is 14.3 Å². The largest absolute Gasteiger partial charge is 0.383 e. The van der Waals surface area contributed by atoms with Crippen molar-refractivity contribution in [3.8, 4) is 0 Å². The SMILES string of the molecule is COCCN(CC(=O)Nc1cccc(C)c1C)C(=O)Cc1cccc2ccccc12. The first-order valence-electron chi connectivity index (χ1n) is 10.1. The fourth-order valence-electron chi connectivity index (χ4n) is 3.46. The molecule has 0 saturated heterocycles. The zero-order valence-electron chi connectivity index (χ0n) is 17.8. The maximum absolute atomic E-state index is 13.1. The van der Waals surface area contributed by atoms with Gasteiger partial charge in [0.15, 0.2) is 0 Å². The number of carbonyl (C=O) groups is 2. The molecule has 0 radical (unpaired) electrons. The minimum absolute atomic E-state index is 0.0136. The van der Waals surface area contributed by atoms with E-state index < -0.39 is 0 Å². The van der Waals surface area contributed by atoms with Gasteiger partial charge in [-0.15, -0.1) is 0 Å². The second-order valence-corrected chi connectivity index (χ2v) is 7.42. The van der Waals surface area contributed by atoms with Crippen LogP contribution in [0.5, 0.6) is 0 Å². The first-order valence-corrected chi connectivity index (χ1v) is 10.1. The highest BCUT2D eigenvalue weighted by Crippen LogP contribution is 2.20. The Balaban J connectivity index is 1.73. The second kappa shape index (κ2) is 10.0. The molecule has 0 aliphatic heterocycles. The van der Waals surface area contributed by atoms with E-state index in [9.17, 15) is 9.59 Å². The van der Waals surface area contributed by atoms with Crippen LogP contribution >= 0.6 is 0 Å². The molecule has 0 aliphatic rings. The Kier molecular flexibility index (Phi) is 7.20. The fourth-order valence-corrected chi connectivity index (χ4v) is 3.46. The van der Waals surface area contributed by atoms with Gasteiger partial charge in [-0.25, -0.2) is 0 Å². The zero-order valence-corrected chi connectivity index (χ0v) is 17.8. The number of anilines is 1. The molecule has 5 heteroatoms. The molecular weight excluding hydrogens is 376 g/mol. The molecule has 3 rings (SSSR count). The number of rotatable bonds is 8. The molecule has 30 heavy (non-hydrogen) atoms. The Hall–Kier alpha value is -3.18. The number of aryl methyl sites for hydroxylation is 1. The van der Waals surface area contributed by atoms with Crippen molar-refractivity contribution in [1.82, 2.24) is 4.90 Å². The third-order valence-electron chi connectivity index (χ3n) is 5.35. The summed E-state index contributed by atoms with van der Waals surface area (Å²) in [6.45, 7) is 4.70. The van der Waals surface area contributed by atoms with Gasteiger partial charge in [-0.05, 0) is 47.4 Å². The van der Waals surface area contributed by atoms with Gasteiger partial charge in [0.1, 0.15) is 0 Å². The summed E-state index contributed by atoms with van der Waals surface area (Å²) in [7, 11) is 1.59. The lowest BCUT2D eigenvalue weighted by Crippen LogP contribution is -2.40. The van der Waals surface area contributed by atoms with E-state index in [0.717, 1.165) is 33.2 Å². The summed E-state index contributed by atoms with van der Waals surface area (Å²) in [5, 5.41) is 5.08. The van der Waals surface area contributed by atoms with E-state index in [1.807, 2.05) is 74.5 Å². The Morgan fingerprint density at radius 2 is 1.70 bits per heavy atom. The summed E-state index contributed by atoms with van der Waals surface area (Å²) in [6, 6.07) is 19.7. The lowest BCUT2D eigenvalue weighted by molar-refractivity contribution is -0.134. The lowest BCUT2D eigenvalue weighted by Gasteiger charge is -2.23. The van der Waals surface area contributed by atoms with Crippen LogP contribution in [0.3, 0.4) is 0 Å². The molecule has 0 aromatic heterocycles. The fraction of sp³-hybridized carbons (Fsp3) is 0.280. The number of hydrogen-bond donors (Lipinski definition) is 1. The monoisotopic (exact) mass is 404 g/mol. The summed E-state index contributed by atoms with van der Waals surface area (Å²) < 4.78 is 5.15. The van der Waals surface area contributed by atoms with Crippen LogP contribution in [0.2, 0.25) is 0 Å². The van der Waals surface area contributed by atoms with Gasteiger partial charge in [0, 0.05) is 19.3 Å². The van der Waals surface area contributed by atoms with Crippen molar-refractivity contribution in [2.24, 2.45) is 0 Å². The number of carbonyl (C=O) groups excluding carboxylic acids is 2. The Bertz CT molecular complexity index is 1040. The third-order valence-corrected chi connectivity index (χ3v) is 5.35. The molecule has 156 valence electrons. The van der Waals surface area contributed by atoms with Gasteiger partial charge in [0.05, 0.1) is 19.6 Å². The number of benzene rings is 3. The maximum atomic E-state index is 13.1. The number of ether oxygens (including phenoxy) is 1. The van der Waals surface area contributed by atoms with E-state index in [1.54, 1.807) is 12.0 Å². The highest BCUT2D eigenvalue weighted by atomic mass is 16.5. The van der Waals surface area contributed by atoms with Gasteiger partial charge in [0.25, 0.3) is 0 Å². The van der Waals surface area contributed by atoms with E-state index in [4.69, 9.17) is 4.74 Å². The summed E-state index contributed by atoms with van der Waals surface area (Å²) >= 11 is 0. The van der Waals surface area contributed by atoms with Crippen LogP contribution < -0.4 is 5.32 Å². The Morgan fingerprint density at radius 3 is 2.50 bits per heavy atom. The van der Waals surface area contributed by atoms with Crippen molar-refractivity contribution >= 4 is 28.3 Å². The maximum Gasteiger partial charge on any atom is 0.244 e. The number of methoxy groups -OCH3 is 1. The molecule has 0 atom stereocenters. The zero-order chi connectivity index (χ0) is 21.5. The Morgan fingerprint density at radius 1 is 0.967 bits per heavy atom. The summed E-state index contributed by atoms with van der Waals surface area (Å²) in [5.74, 6) is -0.314. The van der Waals surface area contributed by atoms with E-state index in [1.165, 1.54) is 0 Å². The molecule has 1 N–H and O–H groups in total. The van der Waals surface area contributed by atoms with Gasteiger partial charge in [-0.1, -0.05) is 54.6 Å². The lowest BCUT2D eigenvalue weighted by atomic mass is 10.0. The van der Waals surface area contributed by atoms with E-state index in [0.29, 0.717) is 13.2 Å². The number of hydrogen-bond acceptors (Lipinski definition) is 3. The average molecular weight is 405 g/mol. The number of fused-ring (bicyclic) bond motifs is 1. The average Bonchev–Trinajstić information content (AvgIpc) is 2.74. The Labute approximate surface area is 177 Å². The van der Waals surface area contributed by atoms with Crippen LogP contribution in [-0.2, 0) is 20.7 Å². The van der Waals surface area contributed by atoms with Gasteiger partial charge in [-0.2, -0.15) is 0 Å². The first kappa shape index (κ1) is 21.5. The first-order chi connectivity index (χ1) is 14.5. The third kappa shape index (κ3) is 5.24. The molecule has 0 fully saturated rings. The van der Waals surface area contributed by atoms with Crippen LogP contribution in [0.15, 0.2) is 60.7 Å². The molecule has 0 unspecified atom stereocenters. The molecule has 3 aromatic carbocycles. The molecular formula is C25H28N2O3. The summed E-state index contributed by atoms with van der Waals surface area (Å²) in [5.41, 5.74) is 3.86. The molecule has 0 spiro atoms. The minimum atomic E-state index is -0.217. The van der Waals surface area contributed by atoms with E-state index >= 15 is 0 Å².